The Hall–Kier alpha value is -3.34. The van der Waals surface area contributed by atoms with E-state index >= 15 is 0 Å². The number of aromatic nitrogens is 2. The van der Waals surface area contributed by atoms with E-state index in [0.717, 1.165) is 34.9 Å². The largest absolute Gasteiger partial charge is 0.383 e. The van der Waals surface area contributed by atoms with Crippen molar-refractivity contribution in [1.82, 2.24) is 15.6 Å². The van der Waals surface area contributed by atoms with Gasteiger partial charge in [-0.3, -0.25) is 16.4 Å². The summed E-state index contributed by atoms with van der Waals surface area (Å²) in [5, 5.41) is 21.1. The second kappa shape index (κ2) is 10.5. The highest BCUT2D eigenvalue weighted by Crippen LogP contribution is 2.30. The number of H-pyrrole nitrogens is 1. The zero-order chi connectivity index (χ0) is 18.6. The minimum Gasteiger partial charge on any atom is -0.383 e. The van der Waals surface area contributed by atoms with Gasteiger partial charge in [-0.2, -0.15) is 10.4 Å². The van der Waals surface area contributed by atoms with E-state index in [-0.39, 0.29) is 0 Å². The second-order valence-corrected chi connectivity index (χ2v) is 5.33. The van der Waals surface area contributed by atoms with Gasteiger partial charge in [-0.1, -0.05) is 18.2 Å². The Morgan fingerprint density at radius 2 is 1.85 bits per heavy atom. The molecule has 0 saturated carbocycles. The van der Waals surface area contributed by atoms with Crippen LogP contribution in [0, 0.1) is 11.3 Å². The average Bonchev–Trinajstić information content (AvgIpc) is 3.18. The van der Waals surface area contributed by atoms with E-state index in [0.29, 0.717) is 6.54 Å². The van der Waals surface area contributed by atoms with Gasteiger partial charge in [-0.05, 0) is 36.4 Å². The summed E-state index contributed by atoms with van der Waals surface area (Å²) in [7, 11) is 0. The summed E-state index contributed by atoms with van der Waals surface area (Å²) in [6.07, 6.45) is 1.75. The van der Waals surface area contributed by atoms with Crippen molar-refractivity contribution in [2.75, 3.05) is 23.7 Å². The SMILES string of the molecule is CC#N.NNCCNc1cc(Nc2ccccc2)ccc1-c1ccn[nH]1. The summed E-state index contributed by atoms with van der Waals surface area (Å²) in [5.41, 5.74) is 7.78. The van der Waals surface area contributed by atoms with Crippen LogP contribution in [0.3, 0.4) is 0 Å². The first kappa shape index (κ1) is 19.0. The Bertz CT molecular complexity index is 808. The lowest BCUT2D eigenvalue weighted by Gasteiger charge is -2.14. The normalized spacial score (nSPS) is 9.58. The van der Waals surface area contributed by atoms with Gasteiger partial charge in [0, 0.05) is 48.8 Å². The van der Waals surface area contributed by atoms with Crippen LogP contribution >= 0.6 is 0 Å². The van der Waals surface area contributed by atoms with Crippen molar-refractivity contribution in [1.29, 1.82) is 5.26 Å². The lowest BCUT2D eigenvalue weighted by Crippen LogP contribution is -2.28. The molecule has 0 aliphatic carbocycles. The highest BCUT2D eigenvalue weighted by atomic mass is 15.2. The molecule has 1 aromatic heterocycles. The Labute approximate surface area is 153 Å². The molecule has 0 aliphatic rings. The molecule has 7 heteroatoms. The van der Waals surface area contributed by atoms with E-state index in [2.05, 4.69) is 44.5 Å². The van der Waals surface area contributed by atoms with Gasteiger partial charge < -0.3 is 10.6 Å². The van der Waals surface area contributed by atoms with Crippen LogP contribution in [0.2, 0.25) is 0 Å². The van der Waals surface area contributed by atoms with Crippen molar-refractivity contribution >= 4 is 17.1 Å². The van der Waals surface area contributed by atoms with Gasteiger partial charge >= 0.3 is 0 Å². The third-order valence-corrected chi connectivity index (χ3v) is 3.46. The lowest BCUT2D eigenvalue weighted by atomic mass is 10.1. The number of nitrogens with zero attached hydrogens (tertiary/aromatic N) is 2. The van der Waals surface area contributed by atoms with Crippen LogP contribution in [-0.4, -0.2) is 23.3 Å². The first-order valence-electron chi connectivity index (χ1n) is 8.22. The van der Waals surface area contributed by atoms with E-state index in [1.807, 2.05) is 36.4 Å². The zero-order valence-corrected chi connectivity index (χ0v) is 14.7. The number of nitriles is 1. The molecule has 6 N–H and O–H groups in total. The van der Waals surface area contributed by atoms with Crippen LogP contribution in [0.15, 0.2) is 60.8 Å². The molecule has 1 heterocycles. The van der Waals surface area contributed by atoms with Crippen LogP contribution in [0.4, 0.5) is 17.1 Å². The number of benzene rings is 2. The molecular formula is C19H23N7. The van der Waals surface area contributed by atoms with Crippen LogP contribution in [0.25, 0.3) is 11.3 Å². The Balaban J connectivity index is 0.000000758. The fourth-order valence-corrected chi connectivity index (χ4v) is 2.37. The van der Waals surface area contributed by atoms with Crippen LogP contribution in [-0.2, 0) is 0 Å². The molecular weight excluding hydrogens is 326 g/mol. The maximum absolute atomic E-state index is 7.32. The molecule has 0 atom stereocenters. The molecule has 0 amide bonds. The smallest absolute Gasteiger partial charge is 0.0670 e. The van der Waals surface area contributed by atoms with Gasteiger partial charge in [0.2, 0.25) is 0 Å². The maximum Gasteiger partial charge on any atom is 0.0670 e. The molecule has 26 heavy (non-hydrogen) atoms. The first-order chi connectivity index (χ1) is 12.8. The van der Waals surface area contributed by atoms with Gasteiger partial charge in [0.05, 0.1) is 11.8 Å². The molecule has 2 aromatic carbocycles. The van der Waals surface area contributed by atoms with E-state index in [1.165, 1.54) is 6.92 Å². The Kier molecular flexibility index (Phi) is 7.68. The summed E-state index contributed by atoms with van der Waals surface area (Å²) >= 11 is 0. The molecule has 3 aromatic rings. The number of nitrogens with one attached hydrogen (secondary N) is 4. The van der Waals surface area contributed by atoms with Crippen LogP contribution in [0.1, 0.15) is 6.92 Å². The zero-order valence-electron chi connectivity index (χ0n) is 14.7. The molecule has 134 valence electrons. The average molecular weight is 349 g/mol. The number of hydrogen-bond donors (Lipinski definition) is 5. The second-order valence-electron chi connectivity index (χ2n) is 5.33. The molecule has 0 fully saturated rings. The van der Waals surface area contributed by atoms with Gasteiger partial charge in [-0.15, -0.1) is 0 Å². The minimum absolute atomic E-state index is 0.679. The molecule has 0 bridgehead atoms. The van der Waals surface area contributed by atoms with E-state index < -0.39 is 0 Å². The monoisotopic (exact) mass is 349 g/mol. The van der Waals surface area contributed by atoms with Gasteiger partial charge in [0.1, 0.15) is 0 Å². The topological polar surface area (TPSA) is 115 Å². The molecule has 0 aliphatic heterocycles. The van der Waals surface area contributed by atoms with Crippen molar-refractivity contribution in [3.8, 4) is 17.3 Å². The lowest BCUT2D eigenvalue weighted by molar-refractivity contribution is 0.753. The highest BCUT2D eigenvalue weighted by Gasteiger charge is 2.07. The molecule has 0 spiro atoms. The molecule has 7 nitrogen and oxygen atoms in total. The van der Waals surface area contributed by atoms with Gasteiger partial charge in [-0.25, -0.2) is 0 Å². The summed E-state index contributed by atoms with van der Waals surface area (Å²) in [4.78, 5) is 0. The molecule has 0 saturated heterocycles. The van der Waals surface area contributed by atoms with Crippen molar-refractivity contribution in [3.05, 3.63) is 60.8 Å². The van der Waals surface area contributed by atoms with Crippen molar-refractivity contribution < 1.29 is 0 Å². The summed E-state index contributed by atoms with van der Waals surface area (Å²) in [6, 6.07) is 20.0. The predicted octanol–water partition coefficient (Wildman–Crippen LogP) is 3.23. The molecule has 0 unspecified atom stereocenters. The minimum atomic E-state index is 0.679. The number of rotatable bonds is 7. The summed E-state index contributed by atoms with van der Waals surface area (Å²) in [6.45, 7) is 2.84. The number of anilines is 3. The highest BCUT2D eigenvalue weighted by molar-refractivity contribution is 5.80. The molecule has 3 rings (SSSR count). The fourth-order valence-electron chi connectivity index (χ4n) is 2.37. The van der Waals surface area contributed by atoms with Gasteiger partial charge in [0.25, 0.3) is 0 Å². The number of hydrazine groups is 1. The number of para-hydroxylation sites is 1. The van der Waals surface area contributed by atoms with Crippen molar-refractivity contribution in [2.45, 2.75) is 6.92 Å². The Morgan fingerprint density at radius 3 is 2.50 bits per heavy atom. The third-order valence-electron chi connectivity index (χ3n) is 3.46. The standard InChI is InChI=1S/C17H20N6.C2H3N/c18-20-11-10-19-17-12-14(22-13-4-2-1-3-5-13)6-7-15(17)16-8-9-21-23-16;1-2-3/h1-9,12,19-20,22H,10-11,18H2,(H,21,23);1H3. The maximum atomic E-state index is 7.32. The van der Waals surface area contributed by atoms with Gasteiger partial charge in [0.15, 0.2) is 0 Å². The quantitative estimate of drug-likeness (QED) is 0.254. The van der Waals surface area contributed by atoms with Crippen molar-refractivity contribution in [2.24, 2.45) is 5.84 Å². The third kappa shape index (κ3) is 5.63. The molecule has 0 radical (unpaired) electrons. The first-order valence-corrected chi connectivity index (χ1v) is 8.22. The van der Waals surface area contributed by atoms with Crippen LogP contribution < -0.4 is 21.9 Å². The number of hydrogen-bond acceptors (Lipinski definition) is 6. The van der Waals surface area contributed by atoms with E-state index in [4.69, 9.17) is 11.1 Å². The van der Waals surface area contributed by atoms with E-state index in [1.54, 1.807) is 12.3 Å². The summed E-state index contributed by atoms with van der Waals surface area (Å²) in [5.74, 6) is 5.34. The van der Waals surface area contributed by atoms with Crippen LogP contribution in [0.5, 0.6) is 0 Å². The number of nitrogens with two attached hydrogens (primary N) is 1. The van der Waals surface area contributed by atoms with Crippen molar-refractivity contribution in [3.63, 3.8) is 0 Å². The van der Waals surface area contributed by atoms with E-state index in [9.17, 15) is 0 Å². The number of aromatic amines is 1. The fraction of sp³-hybridized carbons (Fsp3) is 0.158. The summed E-state index contributed by atoms with van der Waals surface area (Å²) < 4.78 is 0. The predicted molar refractivity (Wildman–Crippen MR) is 106 cm³/mol. The Morgan fingerprint density at radius 1 is 1.08 bits per heavy atom.